The van der Waals surface area contributed by atoms with Crippen molar-refractivity contribution < 1.29 is 4.79 Å². The smallest absolute Gasteiger partial charge is 0.251 e. The first kappa shape index (κ1) is 8.23. The molecule has 1 heterocycles. The number of hydrogen-bond acceptors (Lipinski definition) is 2. The van der Waals surface area contributed by atoms with Crippen LogP contribution in [-0.4, -0.2) is 11.6 Å². The van der Waals surface area contributed by atoms with Crippen LogP contribution in [0.25, 0.3) is 0 Å². The first-order chi connectivity index (χ1) is 6.20. The molecular weight excluding hydrogens is 164 g/mol. The van der Waals surface area contributed by atoms with E-state index in [0.717, 1.165) is 11.3 Å². The molecule has 0 bridgehead atoms. The Bertz CT molecular complexity index is 337. The maximum absolute atomic E-state index is 11.3. The fraction of sp³-hybridized carbons (Fsp3) is 0.400. The van der Waals surface area contributed by atoms with E-state index in [1.54, 1.807) is 0 Å². The molecule has 3 nitrogen and oxygen atoms in total. The molecule has 3 heteroatoms. The summed E-state index contributed by atoms with van der Waals surface area (Å²) in [7, 11) is 0. The van der Waals surface area contributed by atoms with E-state index in [1.807, 2.05) is 18.2 Å². The molecule has 0 aromatic rings. The highest BCUT2D eigenvalue weighted by Crippen LogP contribution is 2.26. The molecule has 1 unspecified atom stereocenters. The van der Waals surface area contributed by atoms with Crippen LogP contribution in [0.5, 0.6) is 0 Å². The number of hydrogen-bond donors (Lipinski definition) is 1. The first-order valence-corrected chi connectivity index (χ1v) is 4.46. The van der Waals surface area contributed by atoms with Crippen molar-refractivity contribution in [1.29, 1.82) is 0 Å². The van der Waals surface area contributed by atoms with Gasteiger partial charge in [0.05, 0.1) is 11.6 Å². The molecule has 1 aliphatic heterocycles. The van der Waals surface area contributed by atoms with E-state index in [9.17, 15) is 4.79 Å². The van der Waals surface area contributed by atoms with Crippen LogP contribution in [0.3, 0.4) is 0 Å². The minimum absolute atomic E-state index is 0.0237. The monoisotopic (exact) mass is 176 g/mol. The van der Waals surface area contributed by atoms with Crippen molar-refractivity contribution >= 4 is 11.6 Å². The van der Waals surface area contributed by atoms with Crippen LogP contribution < -0.4 is 5.43 Å². The minimum Gasteiger partial charge on any atom is -0.272 e. The SMILES string of the molecule is CC(C)C1=NNC(=O)C2C=CC=C12. The van der Waals surface area contributed by atoms with Crippen molar-refractivity contribution in [3.8, 4) is 0 Å². The molecule has 1 amide bonds. The van der Waals surface area contributed by atoms with Gasteiger partial charge >= 0.3 is 0 Å². The number of amides is 1. The van der Waals surface area contributed by atoms with Gasteiger partial charge in [-0.25, -0.2) is 5.43 Å². The van der Waals surface area contributed by atoms with Gasteiger partial charge in [-0.15, -0.1) is 0 Å². The van der Waals surface area contributed by atoms with Crippen LogP contribution in [0, 0.1) is 11.8 Å². The average molecular weight is 176 g/mol. The van der Waals surface area contributed by atoms with Crippen LogP contribution in [0.1, 0.15) is 13.8 Å². The third-order valence-electron chi connectivity index (χ3n) is 2.33. The molecule has 0 spiro atoms. The lowest BCUT2D eigenvalue weighted by atomic mass is 9.90. The van der Waals surface area contributed by atoms with Crippen molar-refractivity contribution in [3.63, 3.8) is 0 Å². The molecule has 2 rings (SSSR count). The summed E-state index contributed by atoms with van der Waals surface area (Å²) in [5, 5.41) is 4.06. The number of allylic oxidation sites excluding steroid dienone is 2. The number of fused-ring (bicyclic) bond motifs is 1. The molecule has 1 atom stereocenters. The van der Waals surface area contributed by atoms with E-state index in [0.29, 0.717) is 5.92 Å². The van der Waals surface area contributed by atoms with E-state index in [-0.39, 0.29) is 11.8 Å². The molecule has 0 aromatic carbocycles. The topological polar surface area (TPSA) is 41.5 Å². The zero-order valence-electron chi connectivity index (χ0n) is 7.74. The summed E-state index contributed by atoms with van der Waals surface area (Å²) in [6.07, 6.45) is 5.80. The summed E-state index contributed by atoms with van der Waals surface area (Å²) in [5.74, 6) is 0.230. The molecule has 13 heavy (non-hydrogen) atoms. The summed E-state index contributed by atoms with van der Waals surface area (Å²) in [6.45, 7) is 4.15. The number of carbonyl (C=O) groups excluding carboxylic acids is 1. The van der Waals surface area contributed by atoms with Gasteiger partial charge in [0.1, 0.15) is 0 Å². The Balaban J connectivity index is 2.38. The van der Waals surface area contributed by atoms with Gasteiger partial charge in [-0.1, -0.05) is 32.1 Å². The van der Waals surface area contributed by atoms with Crippen molar-refractivity contribution in [3.05, 3.63) is 23.8 Å². The molecule has 0 fully saturated rings. The molecule has 0 aromatic heterocycles. The van der Waals surface area contributed by atoms with Crippen LogP contribution in [-0.2, 0) is 4.79 Å². The van der Waals surface area contributed by atoms with Gasteiger partial charge in [0.2, 0.25) is 0 Å². The highest BCUT2D eigenvalue weighted by Gasteiger charge is 2.30. The van der Waals surface area contributed by atoms with Gasteiger partial charge in [0.25, 0.3) is 5.91 Å². The quantitative estimate of drug-likeness (QED) is 0.641. The fourth-order valence-corrected chi connectivity index (χ4v) is 1.66. The number of nitrogens with zero attached hydrogens (tertiary/aromatic N) is 1. The normalized spacial score (nSPS) is 25.5. The van der Waals surface area contributed by atoms with Gasteiger partial charge in [-0.05, 0) is 11.5 Å². The van der Waals surface area contributed by atoms with Gasteiger partial charge in [-0.2, -0.15) is 5.10 Å². The molecule has 1 aliphatic carbocycles. The molecule has 0 radical (unpaired) electrons. The van der Waals surface area contributed by atoms with Gasteiger partial charge in [-0.3, -0.25) is 4.79 Å². The van der Waals surface area contributed by atoms with Crippen LogP contribution in [0.4, 0.5) is 0 Å². The van der Waals surface area contributed by atoms with Crippen LogP contribution >= 0.6 is 0 Å². The third-order valence-corrected chi connectivity index (χ3v) is 2.33. The predicted octanol–water partition coefficient (Wildman–Crippen LogP) is 1.24. The fourth-order valence-electron chi connectivity index (χ4n) is 1.66. The Morgan fingerprint density at radius 2 is 2.31 bits per heavy atom. The van der Waals surface area contributed by atoms with E-state index < -0.39 is 0 Å². The number of nitrogens with one attached hydrogen (secondary N) is 1. The predicted molar refractivity (Wildman–Crippen MR) is 51.1 cm³/mol. The van der Waals surface area contributed by atoms with Crippen molar-refractivity contribution in [1.82, 2.24) is 5.43 Å². The standard InChI is InChI=1S/C10H12N2O/c1-6(2)9-7-4-3-5-8(7)10(13)12-11-9/h3-6,8H,1-2H3,(H,12,13). The van der Waals surface area contributed by atoms with Crippen molar-refractivity contribution in [2.45, 2.75) is 13.8 Å². The molecular formula is C10H12N2O. The summed E-state index contributed by atoms with van der Waals surface area (Å²) in [6, 6.07) is 0. The Morgan fingerprint density at radius 1 is 1.54 bits per heavy atom. The Morgan fingerprint density at radius 3 is 3.00 bits per heavy atom. The summed E-state index contributed by atoms with van der Waals surface area (Å²) in [4.78, 5) is 11.3. The Labute approximate surface area is 77.2 Å². The molecule has 2 aliphatic rings. The zero-order valence-corrected chi connectivity index (χ0v) is 7.74. The summed E-state index contributed by atoms with van der Waals surface area (Å²) < 4.78 is 0. The third kappa shape index (κ3) is 1.20. The van der Waals surface area contributed by atoms with Crippen molar-refractivity contribution in [2.75, 3.05) is 0 Å². The molecule has 0 saturated carbocycles. The zero-order chi connectivity index (χ0) is 9.42. The summed E-state index contributed by atoms with van der Waals surface area (Å²) >= 11 is 0. The number of carbonyl (C=O) groups is 1. The average Bonchev–Trinajstić information content (AvgIpc) is 2.53. The maximum Gasteiger partial charge on any atom is 0.251 e. The Hall–Kier alpha value is -1.38. The second kappa shape index (κ2) is 2.83. The van der Waals surface area contributed by atoms with Crippen molar-refractivity contribution in [2.24, 2.45) is 16.9 Å². The lowest BCUT2D eigenvalue weighted by molar-refractivity contribution is -0.122. The van der Waals surface area contributed by atoms with Gasteiger partial charge in [0.15, 0.2) is 0 Å². The number of hydrazone groups is 1. The second-order valence-electron chi connectivity index (χ2n) is 3.61. The molecule has 1 N–H and O–H groups in total. The van der Waals surface area contributed by atoms with E-state index in [1.165, 1.54) is 0 Å². The largest absolute Gasteiger partial charge is 0.272 e. The summed E-state index contributed by atoms with van der Waals surface area (Å²) in [5.41, 5.74) is 4.59. The maximum atomic E-state index is 11.3. The second-order valence-corrected chi connectivity index (χ2v) is 3.61. The van der Waals surface area contributed by atoms with Crippen LogP contribution in [0.15, 0.2) is 28.9 Å². The van der Waals surface area contributed by atoms with E-state index >= 15 is 0 Å². The Kier molecular flexibility index (Phi) is 1.79. The van der Waals surface area contributed by atoms with E-state index in [2.05, 4.69) is 24.4 Å². The molecule has 68 valence electrons. The molecule has 0 saturated heterocycles. The highest BCUT2D eigenvalue weighted by molar-refractivity contribution is 6.10. The van der Waals surface area contributed by atoms with Gasteiger partial charge in [0, 0.05) is 0 Å². The van der Waals surface area contributed by atoms with E-state index in [4.69, 9.17) is 0 Å². The van der Waals surface area contributed by atoms with Crippen LogP contribution in [0.2, 0.25) is 0 Å². The lowest BCUT2D eigenvalue weighted by Gasteiger charge is -2.22. The van der Waals surface area contributed by atoms with Gasteiger partial charge < -0.3 is 0 Å². The lowest BCUT2D eigenvalue weighted by Crippen LogP contribution is -2.36. The minimum atomic E-state index is -0.102. The number of rotatable bonds is 1. The highest BCUT2D eigenvalue weighted by atomic mass is 16.2. The first-order valence-electron chi connectivity index (χ1n) is 4.46.